The summed E-state index contributed by atoms with van der Waals surface area (Å²) in [5.41, 5.74) is 2.13. The number of unbranched alkanes of at least 4 members (excludes halogenated alkanes) is 4. The van der Waals surface area contributed by atoms with E-state index in [-0.39, 0.29) is 0 Å². The zero-order valence-electron chi connectivity index (χ0n) is 13.2. The average Bonchev–Trinajstić information content (AvgIpc) is 2.42. The van der Waals surface area contributed by atoms with E-state index in [1.165, 1.54) is 51.4 Å². The van der Waals surface area contributed by atoms with Gasteiger partial charge < -0.3 is 5.32 Å². The molecule has 0 radical (unpaired) electrons. The Hall–Kier alpha value is -0.760. The van der Waals surface area contributed by atoms with Crippen molar-refractivity contribution in [1.82, 2.24) is 4.98 Å². The van der Waals surface area contributed by atoms with E-state index in [1.54, 1.807) is 0 Å². The van der Waals surface area contributed by atoms with Crippen molar-refractivity contribution in [3.05, 3.63) is 23.0 Å². The fourth-order valence-electron chi connectivity index (χ4n) is 2.47. The first kappa shape index (κ1) is 17.3. The fraction of sp³-hybridized carbons (Fsp3) is 0.706. The quantitative estimate of drug-likeness (QED) is 0.424. The summed E-state index contributed by atoms with van der Waals surface area (Å²) in [7, 11) is 0. The van der Waals surface area contributed by atoms with Crippen LogP contribution in [0.2, 0.25) is 5.15 Å². The molecule has 1 N–H and O–H groups in total. The molecule has 0 aliphatic heterocycles. The van der Waals surface area contributed by atoms with Gasteiger partial charge in [-0.1, -0.05) is 64.0 Å². The highest BCUT2D eigenvalue weighted by atomic mass is 35.5. The molecule has 0 aliphatic rings. The fourth-order valence-corrected chi connectivity index (χ4v) is 2.66. The number of rotatable bonds is 10. The van der Waals surface area contributed by atoms with Gasteiger partial charge in [0.15, 0.2) is 0 Å². The SMILES string of the molecule is CCCCCC(CCCCC)Nc1ccc(Cl)nc1C. The van der Waals surface area contributed by atoms with Gasteiger partial charge in [0, 0.05) is 6.04 Å². The first-order valence-electron chi connectivity index (χ1n) is 8.07. The van der Waals surface area contributed by atoms with Crippen LogP contribution in [0.5, 0.6) is 0 Å². The van der Waals surface area contributed by atoms with E-state index in [9.17, 15) is 0 Å². The molecule has 0 spiro atoms. The minimum atomic E-state index is 0.565. The number of hydrogen-bond acceptors (Lipinski definition) is 2. The molecule has 1 aromatic rings. The van der Waals surface area contributed by atoms with Gasteiger partial charge in [0.05, 0.1) is 11.4 Å². The van der Waals surface area contributed by atoms with Crippen molar-refractivity contribution in [2.45, 2.75) is 78.2 Å². The number of nitrogens with zero attached hydrogens (tertiary/aromatic N) is 1. The van der Waals surface area contributed by atoms with Gasteiger partial charge in [0.25, 0.3) is 0 Å². The van der Waals surface area contributed by atoms with Crippen LogP contribution in [0.4, 0.5) is 5.69 Å². The van der Waals surface area contributed by atoms with E-state index in [1.807, 2.05) is 13.0 Å². The summed E-state index contributed by atoms with van der Waals surface area (Å²) in [4.78, 5) is 4.32. The topological polar surface area (TPSA) is 24.9 Å². The molecular weight excluding hydrogens is 268 g/mol. The first-order valence-corrected chi connectivity index (χ1v) is 8.44. The summed E-state index contributed by atoms with van der Waals surface area (Å²) in [6.45, 7) is 6.53. The van der Waals surface area contributed by atoms with Crippen molar-refractivity contribution in [2.24, 2.45) is 0 Å². The summed E-state index contributed by atoms with van der Waals surface area (Å²) in [6.07, 6.45) is 10.3. The van der Waals surface area contributed by atoms with Gasteiger partial charge in [-0.15, -0.1) is 0 Å². The smallest absolute Gasteiger partial charge is 0.129 e. The third-order valence-corrected chi connectivity index (χ3v) is 3.93. The van der Waals surface area contributed by atoms with Crippen molar-refractivity contribution < 1.29 is 0 Å². The normalized spacial score (nSPS) is 11.1. The lowest BCUT2D eigenvalue weighted by atomic mass is 10.0. The lowest BCUT2D eigenvalue weighted by Gasteiger charge is -2.21. The van der Waals surface area contributed by atoms with Crippen molar-refractivity contribution >= 4 is 17.3 Å². The summed E-state index contributed by atoms with van der Waals surface area (Å²) in [5, 5.41) is 4.24. The van der Waals surface area contributed by atoms with E-state index in [0.29, 0.717) is 11.2 Å². The summed E-state index contributed by atoms with van der Waals surface area (Å²) in [5.74, 6) is 0. The molecule has 1 heterocycles. The highest BCUT2D eigenvalue weighted by Crippen LogP contribution is 2.20. The van der Waals surface area contributed by atoms with Gasteiger partial charge in [-0.3, -0.25) is 0 Å². The Bertz CT molecular complexity index is 369. The van der Waals surface area contributed by atoms with E-state index in [0.717, 1.165) is 11.4 Å². The van der Waals surface area contributed by atoms with Crippen LogP contribution < -0.4 is 5.32 Å². The molecule has 0 unspecified atom stereocenters. The maximum absolute atomic E-state index is 5.92. The second-order valence-corrected chi connectivity index (χ2v) is 5.99. The summed E-state index contributed by atoms with van der Waals surface area (Å²) >= 11 is 5.92. The van der Waals surface area contributed by atoms with Crippen LogP contribution >= 0.6 is 11.6 Å². The molecule has 1 aromatic heterocycles. The Morgan fingerprint density at radius 1 is 1.05 bits per heavy atom. The minimum Gasteiger partial charge on any atom is -0.381 e. The van der Waals surface area contributed by atoms with Crippen LogP contribution in [-0.2, 0) is 0 Å². The molecule has 0 aliphatic carbocycles. The van der Waals surface area contributed by atoms with E-state index >= 15 is 0 Å². The monoisotopic (exact) mass is 296 g/mol. The van der Waals surface area contributed by atoms with Crippen molar-refractivity contribution in [2.75, 3.05) is 5.32 Å². The van der Waals surface area contributed by atoms with Gasteiger partial charge in [0.2, 0.25) is 0 Å². The highest BCUT2D eigenvalue weighted by Gasteiger charge is 2.10. The largest absolute Gasteiger partial charge is 0.381 e. The Balaban J connectivity index is 2.56. The standard InChI is InChI=1S/C17H29ClN2/c1-4-6-8-10-15(11-9-7-5-2)20-16-12-13-17(18)19-14(16)3/h12-13,15,20H,4-11H2,1-3H3. The van der Waals surface area contributed by atoms with Crippen molar-refractivity contribution in [3.8, 4) is 0 Å². The Kier molecular flexibility index (Phi) is 8.68. The molecule has 0 bridgehead atoms. The van der Waals surface area contributed by atoms with Gasteiger partial charge in [-0.05, 0) is 31.9 Å². The third-order valence-electron chi connectivity index (χ3n) is 3.72. The molecule has 0 atom stereocenters. The number of pyridine rings is 1. The predicted octanol–water partition coefficient (Wildman–Crippen LogP) is 5.98. The van der Waals surface area contributed by atoms with Gasteiger partial charge in [0.1, 0.15) is 5.15 Å². The number of anilines is 1. The van der Waals surface area contributed by atoms with E-state index in [2.05, 4.69) is 30.2 Å². The van der Waals surface area contributed by atoms with Gasteiger partial charge in [-0.2, -0.15) is 0 Å². The third kappa shape index (κ3) is 6.60. The molecule has 20 heavy (non-hydrogen) atoms. The zero-order valence-corrected chi connectivity index (χ0v) is 14.0. The minimum absolute atomic E-state index is 0.565. The second-order valence-electron chi connectivity index (χ2n) is 5.60. The molecule has 0 saturated carbocycles. The predicted molar refractivity (Wildman–Crippen MR) is 89.7 cm³/mol. The number of halogens is 1. The maximum Gasteiger partial charge on any atom is 0.129 e. The van der Waals surface area contributed by atoms with Crippen LogP contribution in [0.25, 0.3) is 0 Å². The molecule has 1 rings (SSSR count). The van der Waals surface area contributed by atoms with Crippen LogP contribution in [0.1, 0.15) is 70.9 Å². The summed E-state index contributed by atoms with van der Waals surface area (Å²) < 4.78 is 0. The molecule has 2 nitrogen and oxygen atoms in total. The first-order chi connectivity index (χ1) is 9.67. The van der Waals surface area contributed by atoms with E-state index < -0.39 is 0 Å². The van der Waals surface area contributed by atoms with Crippen LogP contribution in [0, 0.1) is 6.92 Å². The van der Waals surface area contributed by atoms with Crippen molar-refractivity contribution in [3.63, 3.8) is 0 Å². The van der Waals surface area contributed by atoms with E-state index in [4.69, 9.17) is 11.6 Å². The van der Waals surface area contributed by atoms with Crippen LogP contribution in [-0.4, -0.2) is 11.0 Å². The Morgan fingerprint density at radius 3 is 2.15 bits per heavy atom. The Labute approximate surface area is 129 Å². The van der Waals surface area contributed by atoms with Crippen LogP contribution in [0.15, 0.2) is 12.1 Å². The van der Waals surface area contributed by atoms with Gasteiger partial charge >= 0.3 is 0 Å². The lowest BCUT2D eigenvalue weighted by molar-refractivity contribution is 0.526. The highest BCUT2D eigenvalue weighted by molar-refractivity contribution is 6.29. The average molecular weight is 297 g/mol. The second kappa shape index (κ2) is 10.0. The lowest BCUT2D eigenvalue weighted by Crippen LogP contribution is -2.20. The maximum atomic E-state index is 5.92. The molecule has 3 heteroatoms. The van der Waals surface area contributed by atoms with Gasteiger partial charge in [-0.25, -0.2) is 4.98 Å². The molecular formula is C17H29ClN2. The number of aromatic nitrogens is 1. The Morgan fingerprint density at radius 2 is 1.65 bits per heavy atom. The zero-order chi connectivity index (χ0) is 14.8. The molecule has 0 aromatic carbocycles. The molecule has 0 saturated heterocycles. The molecule has 0 amide bonds. The number of nitrogens with one attached hydrogen (secondary N) is 1. The van der Waals surface area contributed by atoms with Crippen LogP contribution in [0.3, 0.4) is 0 Å². The summed E-state index contributed by atoms with van der Waals surface area (Å²) in [6, 6.07) is 4.48. The number of aryl methyl sites for hydroxylation is 1. The molecule has 0 fully saturated rings. The van der Waals surface area contributed by atoms with Crippen molar-refractivity contribution in [1.29, 1.82) is 0 Å². The molecule has 114 valence electrons. The number of hydrogen-bond donors (Lipinski definition) is 1.